The zero-order valence-corrected chi connectivity index (χ0v) is 17.2. The molecule has 1 saturated heterocycles. The number of ether oxygens (including phenoxy) is 2. The number of benzene rings is 1. The van der Waals surface area contributed by atoms with Gasteiger partial charge in [0.05, 0.1) is 13.2 Å². The molecule has 1 atom stereocenters. The molecule has 9 heteroatoms. The highest BCUT2D eigenvalue weighted by Crippen LogP contribution is 2.31. The molecule has 1 N–H and O–H groups in total. The van der Waals surface area contributed by atoms with Gasteiger partial charge in [-0.1, -0.05) is 0 Å². The van der Waals surface area contributed by atoms with Gasteiger partial charge in [0.1, 0.15) is 12.4 Å². The third kappa shape index (κ3) is 4.85. The number of piperidine rings is 1. The number of nitrogens with zero attached hydrogens (tertiary/aromatic N) is 4. The van der Waals surface area contributed by atoms with Gasteiger partial charge in [-0.05, 0) is 25.1 Å². The van der Waals surface area contributed by atoms with Crippen LogP contribution in [0.3, 0.4) is 0 Å². The Bertz CT molecular complexity index is 874. The number of aromatic nitrogens is 3. The summed E-state index contributed by atoms with van der Waals surface area (Å²) in [6.07, 6.45) is 3.13. The van der Waals surface area contributed by atoms with E-state index in [9.17, 15) is 9.59 Å². The molecule has 9 nitrogen and oxygen atoms in total. The van der Waals surface area contributed by atoms with Crippen LogP contribution in [0.25, 0.3) is 0 Å². The molecule has 1 aromatic carbocycles. The second-order valence-corrected chi connectivity index (χ2v) is 7.18. The highest BCUT2D eigenvalue weighted by Gasteiger charge is 2.23. The van der Waals surface area contributed by atoms with Crippen molar-refractivity contribution in [1.29, 1.82) is 0 Å². The standard InChI is InChI=1S/C20H27N5O4/c1-13(19-23-21-12-24(19)3)22-20(27)15-5-6-17(18(11-15)28-4)29-16-7-9-25(10-8-16)14(2)26/h5-6,11-13,16H,7-10H2,1-4H3,(H,22,27). The fourth-order valence-electron chi connectivity index (χ4n) is 3.40. The van der Waals surface area contributed by atoms with E-state index in [2.05, 4.69) is 15.5 Å². The minimum atomic E-state index is -0.289. The summed E-state index contributed by atoms with van der Waals surface area (Å²) in [6, 6.07) is 4.83. The van der Waals surface area contributed by atoms with Gasteiger partial charge in [-0.3, -0.25) is 9.59 Å². The van der Waals surface area contributed by atoms with E-state index >= 15 is 0 Å². The van der Waals surface area contributed by atoms with Crippen molar-refractivity contribution >= 4 is 11.8 Å². The summed E-state index contributed by atoms with van der Waals surface area (Å²) in [4.78, 5) is 25.9. The second-order valence-electron chi connectivity index (χ2n) is 7.18. The predicted octanol–water partition coefficient (Wildman–Crippen LogP) is 1.70. The maximum absolute atomic E-state index is 12.6. The Morgan fingerprint density at radius 3 is 2.55 bits per heavy atom. The molecule has 0 aliphatic carbocycles. The molecule has 1 aliphatic heterocycles. The molecule has 29 heavy (non-hydrogen) atoms. The third-order valence-electron chi connectivity index (χ3n) is 5.09. The summed E-state index contributed by atoms with van der Waals surface area (Å²) in [6.45, 7) is 4.80. The predicted molar refractivity (Wildman–Crippen MR) is 106 cm³/mol. The number of aryl methyl sites for hydroxylation is 1. The van der Waals surface area contributed by atoms with E-state index in [1.807, 2.05) is 18.9 Å². The number of methoxy groups -OCH3 is 1. The van der Waals surface area contributed by atoms with Crippen molar-refractivity contribution in [1.82, 2.24) is 25.0 Å². The summed E-state index contributed by atoms with van der Waals surface area (Å²) in [5.74, 6) is 1.61. The summed E-state index contributed by atoms with van der Waals surface area (Å²) in [5, 5.41) is 10.8. The van der Waals surface area contributed by atoms with E-state index in [1.165, 1.54) is 0 Å². The highest BCUT2D eigenvalue weighted by atomic mass is 16.5. The normalized spacial score (nSPS) is 15.7. The van der Waals surface area contributed by atoms with Gasteiger partial charge in [0.15, 0.2) is 17.3 Å². The summed E-state index contributed by atoms with van der Waals surface area (Å²) in [7, 11) is 3.37. The Hall–Kier alpha value is -3.10. The van der Waals surface area contributed by atoms with E-state index in [0.29, 0.717) is 36.0 Å². The van der Waals surface area contributed by atoms with Crippen molar-refractivity contribution in [2.45, 2.75) is 38.8 Å². The lowest BCUT2D eigenvalue weighted by molar-refractivity contribution is -0.130. The van der Waals surface area contributed by atoms with Crippen LogP contribution >= 0.6 is 0 Å². The molecule has 0 bridgehead atoms. The smallest absolute Gasteiger partial charge is 0.252 e. The number of hydrogen-bond acceptors (Lipinski definition) is 6. The Labute approximate surface area is 170 Å². The molecule has 0 spiro atoms. The molecule has 1 aliphatic rings. The summed E-state index contributed by atoms with van der Waals surface area (Å²) in [5.41, 5.74) is 0.467. The van der Waals surface area contributed by atoms with Crippen LogP contribution in [0.2, 0.25) is 0 Å². The number of likely N-dealkylation sites (tertiary alicyclic amines) is 1. The number of hydrogen-bond donors (Lipinski definition) is 1. The molecule has 2 aromatic rings. The second kappa shape index (κ2) is 8.93. The van der Waals surface area contributed by atoms with Gasteiger partial charge in [0, 0.05) is 45.5 Å². The van der Waals surface area contributed by atoms with Gasteiger partial charge in [-0.2, -0.15) is 0 Å². The first-order valence-corrected chi connectivity index (χ1v) is 9.64. The Kier molecular flexibility index (Phi) is 6.36. The molecule has 1 aromatic heterocycles. The average molecular weight is 401 g/mol. The highest BCUT2D eigenvalue weighted by molar-refractivity contribution is 5.95. The van der Waals surface area contributed by atoms with Crippen LogP contribution in [0.1, 0.15) is 48.9 Å². The number of carbonyl (C=O) groups excluding carboxylic acids is 2. The molecule has 1 fully saturated rings. The quantitative estimate of drug-likeness (QED) is 0.791. The van der Waals surface area contributed by atoms with Crippen molar-refractivity contribution in [2.75, 3.05) is 20.2 Å². The van der Waals surface area contributed by atoms with E-state index in [4.69, 9.17) is 9.47 Å². The maximum atomic E-state index is 12.6. The van der Waals surface area contributed by atoms with Crippen LogP contribution < -0.4 is 14.8 Å². The molecule has 2 amide bonds. The largest absolute Gasteiger partial charge is 0.493 e. The molecule has 1 unspecified atom stereocenters. The lowest BCUT2D eigenvalue weighted by Gasteiger charge is -2.31. The lowest BCUT2D eigenvalue weighted by Crippen LogP contribution is -2.40. The average Bonchev–Trinajstić information content (AvgIpc) is 3.14. The van der Waals surface area contributed by atoms with Gasteiger partial charge >= 0.3 is 0 Å². The topological polar surface area (TPSA) is 98.6 Å². The molecule has 0 saturated carbocycles. The minimum Gasteiger partial charge on any atom is -0.493 e. The third-order valence-corrected chi connectivity index (χ3v) is 5.09. The Balaban J connectivity index is 1.64. The first kappa shape index (κ1) is 20.6. The maximum Gasteiger partial charge on any atom is 0.252 e. The molecule has 3 rings (SSSR count). The fraction of sp³-hybridized carbons (Fsp3) is 0.500. The zero-order valence-electron chi connectivity index (χ0n) is 17.2. The van der Waals surface area contributed by atoms with E-state index < -0.39 is 0 Å². The van der Waals surface area contributed by atoms with E-state index in [-0.39, 0.29) is 24.0 Å². The van der Waals surface area contributed by atoms with Gasteiger partial charge in [0.2, 0.25) is 5.91 Å². The van der Waals surface area contributed by atoms with Crippen molar-refractivity contribution in [3.05, 3.63) is 35.9 Å². The SMILES string of the molecule is COc1cc(C(=O)NC(C)c2nncn2C)ccc1OC1CCN(C(C)=O)CC1. The van der Waals surface area contributed by atoms with Gasteiger partial charge in [-0.15, -0.1) is 10.2 Å². The molecule has 156 valence electrons. The zero-order chi connectivity index (χ0) is 21.0. The fourth-order valence-corrected chi connectivity index (χ4v) is 3.40. The van der Waals surface area contributed by atoms with Crippen LogP contribution in [0, 0.1) is 0 Å². The number of rotatable bonds is 6. The van der Waals surface area contributed by atoms with Gasteiger partial charge < -0.3 is 24.3 Å². The van der Waals surface area contributed by atoms with Crippen LogP contribution in [-0.2, 0) is 11.8 Å². The molecule has 2 heterocycles. The van der Waals surface area contributed by atoms with Crippen molar-refractivity contribution in [2.24, 2.45) is 7.05 Å². The van der Waals surface area contributed by atoms with E-state index in [1.54, 1.807) is 43.1 Å². The molecule has 0 radical (unpaired) electrons. The van der Waals surface area contributed by atoms with Crippen molar-refractivity contribution in [3.8, 4) is 11.5 Å². The van der Waals surface area contributed by atoms with Crippen molar-refractivity contribution < 1.29 is 19.1 Å². The first-order valence-electron chi connectivity index (χ1n) is 9.64. The number of amides is 2. The lowest BCUT2D eigenvalue weighted by atomic mass is 10.1. The first-order chi connectivity index (χ1) is 13.9. The van der Waals surface area contributed by atoms with Gasteiger partial charge in [-0.25, -0.2) is 0 Å². The van der Waals surface area contributed by atoms with Crippen LogP contribution in [-0.4, -0.2) is 57.8 Å². The molecular formula is C20H27N5O4. The Morgan fingerprint density at radius 2 is 1.97 bits per heavy atom. The van der Waals surface area contributed by atoms with Gasteiger partial charge in [0.25, 0.3) is 5.91 Å². The van der Waals surface area contributed by atoms with Crippen LogP contribution in [0.5, 0.6) is 11.5 Å². The minimum absolute atomic E-state index is 0.00936. The summed E-state index contributed by atoms with van der Waals surface area (Å²) >= 11 is 0. The Morgan fingerprint density at radius 1 is 1.24 bits per heavy atom. The number of nitrogens with one attached hydrogen (secondary N) is 1. The van der Waals surface area contributed by atoms with Crippen LogP contribution in [0.4, 0.5) is 0 Å². The van der Waals surface area contributed by atoms with Crippen LogP contribution in [0.15, 0.2) is 24.5 Å². The number of carbonyl (C=O) groups is 2. The van der Waals surface area contributed by atoms with Crippen molar-refractivity contribution in [3.63, 3.8) is 0 Å². The van der Waals surface area contributed by atoms with E-state index in [0.717, 1.165) is 12.8 Å². The summed E-state index contributed by atoms with van der Waals surface area (Å²) < 4.78 is 13.3. The molecular weight excluding hydrogens is 374 g/mol. The monoisotopic (exact) mass is 401 g/mol.